The van der Waals surface area contributed by atoms with E-state index in [2.05, 4.69) is 4.74 Å². The van der Waals surface area contributed by atoms with Crippen molar-refractivity contribution < 1.29 is 14.3 Å². The van der Waals surface area contributed by atoms with E-state index < -0.39 is 5.41 Å². The lowest BCUT2D eigenvalue weighted by molar-refractivity contribution is -0.142. The molecule has 4 heteroatoms. The topological polar surface area (TPSA) is 46.6 Å². The van der Waals surface area contributed by atoms with Gasteiger partial charge in [-0.25, -0.2) is 0 Å². The summed E-state index contributed by atoms with van der Waals surface area (Å²) in [6.45, 7) is 6.69. The second-order valence-electron chi connectivity index (χ2n) is 5.20. The second-order valence-corrected chi connectivity index (χ2v) is 5.20. The van der Waals surface area contributed by atoms with Gasteiger partial charge in [-0.3, -0.25) is 9.59 Å². The molecular weight excluding hydrogens is 254 g/mol. The number of carbonyl (C=O) groups is 2. The molecule has 0 heterocycles. The number of esters is 1. The van der Waals surface area contributed by atoms with E-state index in [1.807, 2.05) is 51.1 Å². The molecule has 110 valence electrons. The Balaban J connectivity index is 2.82. The predicted octanol–water partition coefficient (Wildman–Crippen LogP) is 2.38. The van der Waals surface area contributed by atoms with Gasteiger partial charge in [0.15, 0.2) is 0 Å². The molecule has 0 aliphatic rings. The third-order valence-electron chi connectivity index (χ3n) is 3.51. The largest absolute Gasteiger partial charge is 0.469 e. The normalized spacial score (nSPS) is 11.0. The second kappa shape index (κ2) is 7.08. The summed E-state index contributed by atoms with van der Waals surface area (Å²) in [6, 6.07) is 9.68. The summed E-state index contributed by atoms with van der Waals surface area (Å²) in [7, 11) is 1.36. The van der Waals surface area contributed by atoms with Crippen molar-refractivity contribution in [2.75, 3.05) is 20.2 Å². The fourth-order valence-electron chi connectivity index (χ4n) is 2.11. The molecule has 0 N–H and O–H groups in total. The fourth-order valence-corrected chi connectivity index (χ4v) is 2.11. The van der Waals surface area contributed by atoms with Crippen molar-refractivity contribution in [3.8, 4) is 0 Å². The van der Waals surface area contributed by atoms with E-state index in [1.165, 1.54) is 7.11 Å². The average molecular weight is 277 g/mol. The van der Waals surface area contributed by atoms with Crippen LogP contribution in [0, 0.1) is 0 Å². The molecule has 0 aromatic heterocycles. The molecule has 0 saturated heterocycles. The van der Waals surface area contributed by atoms with Gasteiger partial charge in [0, 0.05) is 13.1 Å². The first-order valence-corrected chi connectivity index (χ1v) is 6.85. The van der Waals surface area contributed by atoms with Crippen LogP contribution in [0.25, 0.3) is 0 Å². The molecule has 1 amide bonds. The van der Waals surface area contributed by atoms with Crippen molar-refractivity contribution in [3.05, 3.63) is 35.9 Å². The van der Waals surface area contributed by atoms with Gasteiger partial charge in [-0.1, -0.05) is 30.3 Å². The molecule has 0 fully saturated rings. The van der Waals surface area contributed by atoms with Crippen LogP contribution in [-0.2, 0) is 19.7 Å². The third kappa shape index (κ3) is 3.83. The molecule has 0 aliphatic heterocycles. The lowest BCUT2D eigenvalue weighted by Crippen LogP contribution is -2.44. The summed E-state index contributed by atoms with van der Waals surface area (Å²) in [5.41, 5.74) is 0.370. The Bertz CT molecular complexity index is 454. The fraction of sp³-hybridized carbons (Fsp3) is 0.500. The van der Waals surface area contributed by atoms with E-state index >= 15 is 0 Å². The van der Waals surface area contributed by atoms with Gasteiger partial charge < -0.3 is 9.64 Å². The van der Waals surface area contributed by atoms with Crippen LogP contribution in [0.1, 0.15) is 32.8 Å². The number of benzene rings is 1. The highest BCUT2D eigenvalue weighted by molar-refractivity contribution is 5.87. The van der Waals surface area contributed by atoms with Gasteiger partial charge in [0.1, 0.15) is 0 Å². The van der Waals surface area contributed by atoms with Crippen LogP contribution >= 0.6 is 0 Å². The number of hydrogen-bond acceptors (Lipinski definition) is 3. The third-order valence-corrected chi connectivity index (χ3v) is 3.51. The lowest BCUT2D eigenvalue weighted by Gasteiger charge is -2.31. The van der Waals surface area contributed by atoms with Gasteiger partial charge >= 0.3 is 5.97 Å². The Morgan fingerprint density at radius 1 is 1.20 bits per heavy atom. The van der Waals surface area contributed by atoms with E-state index in [0.29, 0.717) is 13.1 Å². The minimum absolute atomic E-state index is 0.0232. The first-order valence-electron chi connectivity index (χ1n) is 6.85. The number of nitrogens with zero attached hydrogens (tertiary/aromatic N) is 1. The number of likely N-dealkylation sites (N-methyl/N-ethyl adjacent to an activating group) is 1. The summed E-state index contributed by atoms with van der Waals surface area (Å²) < 4.78 is 4.62. The highest BCUT2D eigenvalue weighted by Gasteiger charge is 2.33. The maximum atomic E-state index is 12.7. The van der Waals surface area contributed by atoms with E-state index in [-0.39, 0.29) is 18.3 Å². The monoisotopic (exact) mass is 277 g/mol. The van der Waals surface area contributed by atoms with Gasteiger partial charge in [0.25, 0.3) is 0 Å². The van der Waals surface area contributed by atoms with Crippen LogP contribution in [0.2, 0.25) is 0 Å². The van der Waals surface area contributed by atoms with Crippen molar-refractivity contribution in [1.29, 1.82) is 0 Å². The Morgan fingerprint density at radius 2 is 1.80 bits per heavy atom. The van der Waals surface area contributed by atoms with Crippen LogP contribution in [0.4, 0.5) is 0 Å². The maximum absolute atomic E-state index is 12.7. The van der Waals surface area contributed by atoms with Gasteiger partial charge in [0.05, 0.1) is 18.9 Å². The number of hydrogen-bond donors (Lipinski definition) is 0. The Labute approximate surface area is 120 Å². The summed E-state index contributed by atoms with van der Waals surface area (Å²) in [5, 5.41) is 0. The summed E-state index contributed by atoms with van der Waals surface area (Å²) >= 11 is 0. The summed E-state index contributed by atoms with van der Waals surface area (Å²) in [5.74, 6) is -0.274. The van der Waals surface area contributed by atoms with Crippen LogP contribution in [0.15, 0.2) is 30.3 Å². The molecular formula is C16H23NO3. The van der Waals surface area contributed by atoms with Crippen LogP contribution in [-0.4, -0.2) is 37.0 Å². The molecule has 0 saturated carbocycles. The van der Waals surface area contributed by atoms with Crippen LogP contribution in [0.5, 0.6) is 0 Å². The quantitative estimate of drug-likeness (QED) is 0.750. The zero-order chi connectivity index (χ0) is 15.2. The molecule has 20 heavy (non-hydrogen) atoms. The number of amides is 1. The number of ether oxygens (including phenoxy) is 1. The first kappa shape index (κ1) is 16.2. The standard InChI is InChI=1S/C16H23NO3/c1-5-17(12-11-14(18)20-4)15(19)16(2,3)13-9-7-6-8-10-13/h6-10H,5,11-12H2,1-4H3. The minimum Gasteiger partial charge on any atom is -0.469 e. The highest BCUT2D eigenvalue weighted by Crippen LogP contribution is 2.25. The summed E-state index contributed by atoms with van der Waals surface area (Å²) in [4.78, 5) is 25.6. The molecule has 0 unspecified atom stereocenters. The van der Waals surface area contributed by atoms with E-state index in [0.717, 1.165) is 5.56 Å². The molecule has 0 radical (unpaired) electrons. The van der Waals surface area contributed by atoms with Gasteiger partial charge in [0.2, 0.25) is 5.91 Å². The molecule has 0 bridgehead atoms. The zero-order valence-corrected chi connectivity index (χ0v) is 12.7. The summed E-state index contributed by atoms with van der Waals surface area (Å²) in [6.07, 6.45) is 0.223. The van der Waals surface area contributed by atoms with Gasteiger partial charge in [-0.2, -0.15) is 0 Å². The van der Waals surface area contributed by atoms with Crippen molar-refractivity contribution in [2.45, 2.75) is 32.6 Å². The minimum atomic E-state index is -0.604. The van der Waals surface area contributed by atoms with Crippen molar-refractivity contribution in [3.63, 3.8) is 0 Å². The van der Waals surface area contributed by atoms with Gasteiger partial charge in [-0.05, 0) is 26.3 Å². The van der Waals surface area contributed by atoms with Gasteiger partial charge in [-0.15, -0.1) is 0 Å². The molecule has 0 spiro atoms. The SMILES string of the molecule is CCN(CCC(=O)OC)C(=O)C(C)(C)c1ccccc1. The van der Waals surface area contributed by atoms with Crippen LogP contribution in [0.3, 0.4) is 0 Å². The molecule has 4 nitrogen and oxygen atoms in total. The predicted molar refractivity (Wildman–Crippen MR) is 78.4 cm³/mol. The molecule has 0 aliphatic carbocycles. The molecule has 1 aromatic rings. The molecule has 1 rings (SSSR count). The lowest BCUT2D eigenvalue weighted by atomic mass is 9.83. The average Bonchev–Trinajstić information content (AvgIpc) is 2.48. The highest BCUT2D eigenvalue weighted by atomic mass is 16.5. The van der Waals surface area contributed by atoms with E-state index in [1.54, 1.807) is 4.90 Å². The number of methoxy groups -OCH3 is 1. The number of carbonyl (C=O) groups excluding carboxylic acids is 2. The molecule has 0 atom stereocenters. The van der Waals surface area contributed by atoms with E-state index in [9.17, 15) is 9.59 Å². The van der Waals surface area contributed by atoms with Crippen molar-refractivity contribution >= 4 is 11.9 Å². The zero-order valence-electron chi connectivity index (χ0n) is 12.7. The Kier molecular flexibility index (Phi) is 5.74. The van der Waals surface area contributed by atoms with Crippen LogP contribution < -0.4 is 0 Å². The van der Waals surface area contributed by atoms with Crippen molar-refractivity contribution in [2.24, 2.45) is 0 Å². The maximum Gasteiger partial charge on any atom is 0.307 e. The van der Waals surface area contributed by atoms with Crippen molar-refractivity contribution in [1.82, 2.24) is 4.90 Å². The number of rotatable bonds is 6. The smallest absolute Gasteiger partial charge is 0.307 e. The Morgan fingerprint density at radius 3 is 2.30 bits per heavy atom. The van der Waals surface area contributed by atoms with E-state index in [4.69, 9.17) is 0 Å². The molecule has 1 aromatic carbocycles. The first-order chi connectivity index (χ1) is 9.43. The Hall–Kier alpha value is -1.84.